The quantitative estimate of drug-likeness (QED) is 0.767. The first-order valence-electron chi connectivity index (χ1n) is 5.43. The lowest BCUT2D eigenvalue weighted by molar-refractivity contribution is 0.320. The second kappa shape index (κ2) is 4.62. The van der Waals surface area contributed by atoms with Gasteiger partial charge in [-0.05, 0) is 24.5 Å². The van der Waals surface area contributed by atoms with Gasteiger partial charge in [0.1, 0.15) is 0 Å². The molecule has 0 bridgehead atoms. The van der Waals surface area contributed by atoms with Crippen molar-refractivity contribution in [3.8, 4) is 0 Å². The van der Waals surface area contributed by atoms with Gasteiger partial charge >= 0.3 is 0 Å². The second-order valence-corrected chi connectivity index (χ2v) is 5.67. The van der Waals surface area contributed by atoms with Gasteiger partial charge in [-0.15, -0.1) is 0 Å². The molecule has 0 saturated carbocycles. The lowest BCUT2D eigenvalue weighted by Gasteiger charge is -2.14. The van der Waals surface area contributed by atoms with E-state index in [0.29, 0.717) is 4.83 Å². The van der Waals surface area contributed by atoms with E-state index >= 15 is 0 Å². The summed E-state index contributed by atoms with van der Waals surface area (Å²) in [6.07, 6.45) is 1.99. The molecule has 0 spiro atoms. The summed E-state index contributed by atoms with van der Waals surface area (Å²) < 4.78 is 0. The topological polar surface area (TPSA) is 16.1 Å². The minimum Gasteiger partial charge on any atom is -0.298 e. The number of likely N-dealkylation sites (tertiary alicyclic amines) is 1. The molecule has 1 aromatic heterocycles. The number of hydrogen-bond donors (Lipinski definition) is 0. The van der Waals surface area contributed by atoms with Gasteiger partial charge in [-0.3, -0.25) is 9.88 Å². The highest BCUT2D eigenvalue weighted by Gasteiger charge is 2.26. The van der Waals surface area contributed by atoms with Crippen molar-refractivity contribution in [2.45, 2.75) is 25.2 Å². The summed E-state index contributed by atoms with van der Waals surface area (Å²) in [6, 6.07) is 4.26. The van der Waals surface area contributed by atoms with E-state index in [4.69, 9.17) is 0 Å². The normalized spacial score (nSPS) is 27.1. The van der Waals surface area contributed by atoms with E-state index in [-0.39, 0.29) is 0 Å². The smallest absolute Gasteiger partial charge is 0.0372 e. The van der Waals surface area contributed by atoms with Crippen LogP contribution in [-0.2, 0) is 6.54 Å². The van der Waals surface area contributed by atoms with Gasteiger partial charge in [0.2, 0.25) is 0 Å². The van der Waals surface area contributed by atoms with E-state index in [1.807, 2.05) is 13.1 Å². The van der Waals surface area contributed by atoms with Crippen LogP contribution in [0, 0.1) is 12.8 Å². The number of hydrogen-bond acceptors (Lipinski definition) is 2. The predicted octanol–water partition coefficient (Wildman–Crippen LogP) is 2.61. The van der Waals surface area contributed by atoms with Crippen molar-refractivity contribution < 1.29 is 0 Å². The van der Waals surface area contributed by atoms with Gasteiger partial charge in [-0.1, -0.05) is 28.9 Å². The van der Waals surface area contributed by atoms with Crippen molar-refractivity contribution >= 4 is 15.9 Å². The Morgan fingerprint density at radius 1 is 1.47 bits per heavy atom. The van der Waals surface area contributed by atoms with Crippen LogP contribution in [0.4, 0.5) is 0 Å². The van der Waals surface area contributed by atoms with Crippen molar-refractivity contribution in [1.82, 2.24) is 9.88 Å². The standard InChI is InChI=1S/C12H17BrN2/c1-9-6-15(8-12(9)13)7-11-4-3-10(2)14-5-11/h3-5,9,12H,6-8H2,1-2H3. The van der Waals surface area contributed by atoms with E-state index in [0.717, 1.165) is 24.7 Å². The molecule has 2 atom stereocenters. The fourth-order valence-electron chi connectivity index (χ4n) is 2.00. The largest absolute Gasteiger partial charge is 0.298 e. The molecule has 0 radical (unpaired) electrons. The molecule has 1 saturated heterocycles. The number of halogens is 1. The molecular formula is C12H17BrN2. The number of nitrogens with zero attached hydrogens (tertiary/aromatic N) is 2. The van der Waals surface area contributed by atoms with Crippen LogP contribution in [0.25, 0.3) is 0 Å². The summed E-state index contributed by atoms with van der Waals surface area (Å²) in [6.45, 7) is 7.68. The van der Waals surface area contributed by atoms with Crippen molar-refractivity contribution in [1.29, 1.82) is 0 Å². The van der Waals surface area contributed by atoms with Crippen molar-refractivity contribution in [3.63, 3.8) is 0 Å². The van der Waals surface area contributed by atoms with Crippen LogP contribution in [0.5, 0.6) is 0 Å². The molecule has 1 aliphatic rings. The Labute approximate surface area is 99.8 Å². The summed E-state index contributed by atoms with van der Waals surface area (Å²) in [5, 5.41) is 0. The van der Waals surface area contributed by atoms with Crippen LogP contribution in [0.1, 0.15) is 18.2 Å². The van der Waals surface area contributed by atoms with Gasteiger partial charge < -0.3 is 0 Å². The number of alkyl halides is 1. The summed E-state index contributed by atoms with van der Waals surface area (Å²) in [5.74, 6) is 0.753. The third-order valence-corrected chi connectivity index (χ3v) is 4.17. The van der Waals surface area contributed by atoms with Crippen molar-refractivity contribution in [3.05, 3.63) is 29.6 Å². The Kier molecular flexibility index (Phi) is 3.42. The average Bonchev–Trinajstić information content (AvgIpc) is 2.50. The van der Waals surface area contributed by atoms with Crippen LogP contribution in [0.3, 0.4) is 0 Å². The van der Waals surface area contributed by atoms with Gasteiger partial charge in [0.05, 0.1) is 0 Å². The van der Waals surface area contributed by atoms with Gasteiger partial charge in [0.15, 0.2) is 0 Å². The summed E-state index contributed by atoms with van der Waals surface area (Å²) >= 11 is 3.71. The Morgan fingerprint density at radius 3 is 2.80 bits per heavy atom. The summed E-state index contributed by atoms with van der Waals surface area (Å²) in [5.41, 5.74) is 2.40. The summed E-state index contributed by atoms with van der Waals surface area (Å²) in [4.78, 5) is 7.45. The molecule has 1 fully saturated rings. The molecule has 2 unspecified atom stereocenters. The monoisotopic (exact) mass is 268 g/mol. The zero-order valence-electron chi connectivity index (χ0n) is 9.28. The van der Waals surface area contributed by atoms with Crippen LogP contribution in [0.2, 0.25) is 0 Å². The van der Waals surface area contributed by atoms with Crippen LogP contribution in [-0.4, -0.2) is 27.8 Å². The third-order valence-electron chi connectivity index (χ3n) is 2.98. The highest BCUT2D eigenvalue weighted by molar-refractivity contribution is 9.09. The molecule has 0 aliphatic carbocycles. The molecule has 1 aromatic rings. The zero-order chi connectivity index (χ0) is 10.8. The Balaban J connectivity index is 1.95. The first kappa shape index (κ1) is 11.1. The maximum atomic E-state index is 4.32. The molecule has 0 N–H and O–H groups in total. The fourth-order valence-corrected chi connectivity index (χ4v) is 2.58. The number of aryl methyl sites for hydroxylation is 1. The highest BCUT2D eigenvalue weighted by Crippen LogP contribution is 2.24. The Morgan fingerprint density at radius 2 is 2.27 bits per heavy atom. The molecular weight excluding hydrogens is 252 g/mol. The van der Waals surface area contributed by atoms with Crippen molar-refractivity contribution in [2.24, 2.45) is 5.92 Å². The molecule has 0 amide bonds. The third kappa shape index (κ3) is 2.79. The van der Waals surface area contributed by atoms with E-state index in [1.54, 1.807) is 0 Å². The number of pyridine rings is 1. The molecule has 3 heteroatoms. The molecule has 1 aliphatic heterocycles. The first-order chi connectivity index (χ1) is 7.15. The highest BCUT2D eigenvalue weighted by atomic mass is 79.9. The maximum absolute atomic E-state index is 4.32. The van der Waals surface area contributed by atoms with E-state index in [2.05, 4.69) is 44.9 Å². The number of aromatic nitrogens is 1. The van der Waals surface area contributed by atoms with E-state index in [9.17, 15) is 0 Å². The molecule has 2 rings (SSSR count). The molecule has 2 heterocycles. The van der Waals surface area contributed by atoms with Gasteiger partial charge in [-0.25, -0.2) is 0 Å². The zero-order valence-corrected chi connectivity index (χ0v) is 10.9. The Bertz CT molecular complexity index is 313. The lowest BCUT2D eigenvalue weighted by Crippen LogP contribution is -2.20. The lowest BCUT2D eigenvalue weighted by atomic mass is 10.2. The fraction of sp³-hybridized carbons (Fsp3) is 0.583. The van der Waals surface area contributed by atoms with Gasteiger partial charge in [0, 0.05) is 36.4 Å². The van der Waals surface area contributed by atoms with Crippen molar-refractivity contribution in [2.75, 3.05) is 13.1 Å². The second-order valence-electron chi connectivity index (χ2n) is 4.50. The van der Waals surface area contributed by atoms with Gasteiger partial charge in [0.25, 0.3) is 0 Å². The molecule has 82 valence electrons. The molecule has 2 nitrogen and oxygen atoms in total. The summed E-state index contributed by atoms with van der Waals surface area (Å²) in [7, 11) is 0. The van der Waals surface area contributed by atoms with Crippen LogP contribution < -0.4 is 0 Å². The van der Waals surface area contributed by atoms with E-state index < -0.39 is 0 Å². The minimum atomic E-state index is 0.649. The van der Waals surface area contributed by atoms with Gasteiger partial charge in [-0.2, -0.15) is 0 Å². The molecule has 0 aromatic carbocycles. The average molecular weight is 269 g/mol. The molecule has 15 heavy (non-hydrogen) atoms. The minimum absolute atomic E-state index is 0.649. The van der Waals surface area contributed by atoms with Crippen LogP contribution >= 0.6 is 15.9 Å². The first-order valence-corrected chi connectivity index (χ1v) is 6.34. The maximum Gasteiger partial charge on any atom is 0.0372 e. The number of rotatable bonds is 2. The SMILES string of the molecule is Cc1ccc(CN2CC(C)C(Br)C2)cn1. The Hall–Kier alpha value is -0.410. The van der Waals surface area contributed by atoms with E-state index in [1.165, 1.54) is 12.1 Å². The van der Waals surface area contributed by atoms with Crippen LogP contribution in [0.15, 0.2) is 18.3 Å². The predicted molar refractivity (Wildman–Crippen MR) is 66.1 cm³/mol.